The highest BCUT2D eigenvalue weighted by Gasteiger charge is 2.22. The van der Waals surface area contributed by atoms with Crippen LogP contribution in [0.1, 0.15) is 26.2 Å². The van der Waals surface area contributed by atoms with Crippen LogP contribution >= 0.6 is 0 Å². The van der Waals surface area contributed by atoms with Crippen molar-refractivity contribution in [2.24, 2.45) is 0 Å². The summed E-state index contributed by atoms with van der Waals surface area (Å²) >= 11 is 0. The Morgan fingerprint density at radius 1 is 1.55 bits per heavy atom. The molecule has 5 nitrogen and oxygen atoms in total. The van der Waals surface area contributed by atoms with Crippen molar-refractivity contribution in [1.29, 1.82) is 0 Å². The predicted octanol–water partition coefficient (Wildman–Crippen LogP) is 0.710. The molecule has 0 amide bonds. The second kappa shape index (κ2) is 5.06. The summed E-state index contributed by atoms with van der Waals surface area (Å²) in [5.41, 5.74) is 0. The van der Waals surface area contributed by atoms with Gasteiger partial charge in [0.15, 0.2) is 6.04 Å². The van der Waals surface area contributed by atoms with Gasteiger partial charge in [0.05, 0.1) is 0 Å². The van der Waals surface area contributed by atoms with Gasteiger partial charge in [-0.2, -0.15) is 0 Å². The Bertz CT molecular complexity index is 126. The lowest BCUT2D eigenvalue weighted by molar-refractivity contribution is -0.328. The fourth-order valence-electron chi connectivity index (χ4n) is 0.735. The van der Waals surface area contributed by atoms with E-state index in [1.54, 1.807) is 0 Å². The molecule has 11 heavy (non-hydrogen) atoms. The van der Waals surface area contributed by atoms with Gasteiger partial charge in [0, 0.05) is 0 Å². The first kappa shape index (κ1) is 10.3. The molecule has 0 rings (SSSR count). The third-order valence-corrected chi connectivity index (χ3v) is 1.39. The van der Waals surface area contributed by atoms with Crippen LogP contribution in [0.25, 0.3) is 0 Å². The Labute approximate surface area is 64.8 Å². The summed E-state index contributed by atoms with van der Waals surface area (Å²) in [7, 11) is 0. The molecule has 0 radical (unpaired) electrons. The summed E-state index contributed by atoms with van der Waals surface area (Å²) < 4.78 is 0. The van der Waals surface area contributed by atoms with E-state index in [-0.39, 0.29) is 11.6 Å². The third kappa shape index (κ3) is 3.92. The maximum absolute atomic E-state index is 10.3. The zero-order valence-electron chi connectivity index (χ0n) is 6.40. The molecular formula is C6H13NO4. The van der Waals surface area contributed by atoms with E-state index in [1.165, 1.54) is 0 Å². The molecule has 0 aliphatic heterocycles. The highest BCUT2D eigenvalue weighted by atomic mass is 16.8. The molecule has 3 N–H and O–H groups in total. The quantitative estimate of drug-likeness (QED) is 0.520. The first-order valence-corrected chi connectivity index (χ1v) is 3.49. The number of hydrogen-bond donors (Lipinski definition) is 3. The van der Waals surface area contributed by atoms with E-state index in [1.807, 2.05) is 6.92 Å². The Hall–Kier alpha value is -0.650. The van der Waals surface area contributed by atoms with Gasteiger partial charge in [0.25, 0.3) is 0 Å². The number of carboxylic acids is 1. The summed E-state index contributed by atoms with van der Waals surface area (Å²) in [6.45, 7) is 1.90. The van der Waals surface area contributed by atoms with Crippen LogP contribution in [-0.4, -0.2) is 32.8 Å². The minimum atomic E-state index is -1.22. The highest BCUT2D eigenvalue weighted by Crippen LogP contribution is 2.04. The van der Waals surface area contributed by atoms with Crippen molar-refractivity contribution in [2.75, 3.05) is 0 Å². The maximum atomic E-state index is 10.3. The predicted molar refractivity (Wildman–Crippen MR) is 36.4 cm³/mol. The van der Waals surface area contributed by atoms with Gasteiger partial charge in [0.2, 0.25) is 0 Å². The molecule has 0 spiro atoms. The minimum Gasteiger partial charge on any atom is -0.480 e. The van der Waals surface area contributed by atoms with E-state index in [4.69, 9.17) is 15.5 Å². The number of nitrogens with zero attached hydrogens (tertiary/aromatic N) is 1. The van der Waals surface area contributed by atoms with Gasteiger partial charge in [-0.05, 0) is 6.42 Å². The molecule has 0 aromatic carbocycles. The van der Waals surface area contributed by atoms with Crippen molar-refractivity contribution in [1.82, 2.24) is 5.23 Å². The van der Waals surface area contributed by atoms with E-state index in [0.29, 0.717) is 6.42 Å². The molecule has 0 saturated carbocycles. The summed E-state index contributed by atoms with van der Waals surface area (Å²) in [6.07, 6.45) is 1.74. The zero-order chi connectivity index (χ0) is 8.85. The van der Waals surface area contributed by atoms with Crippen LogP contribution in [0.5, 0.6) is 0 Å². The van der Waals surface area contributed by atoms with Crippen molar-refractivity contribution in [3.8, 4) is 0 Å². The van der Waals surface area contributed by atoms with Crippen molar-refractivity contribution < 1.29 is 20.3 Å². The molecular weight excluding hydrogens is 150 g/mol. The third-order valence-electron chi connectivity index (χ3n) is 1.39. The molecule has 0 aliphatic rings. The number of hydrogen-bond acceptors (Lipinski definition) is 4. The second-order valence-electron chi connectivity index (χ2n) is 2.32. The molecule has 0 unspecified atom stereocenters. The SMILES string of the molecule is CCCC[C@@H](C(=O)O)N(O)O. The molecule has 0 heterocycles. The van der Waals surface area contributed by atoms with Crippen LogP contribution in [0.2, 0.25) is 0 Å². The normalized spacial score (nSPS) is 13.5. The molecule has 0 fully saturated rings. The van der Waals surface area contributed by atoms with Gasteiger partial charge in [-0.1, -0.05) is 25.0 Å². The van der Waals surface area contributed by atoms with Crippen LogP contribution in [0.3, 0.4) is 0 Å². The molecule has 0 bridgehead atoms. The van der Waals surface area contributed by atoms with Gasteiger partial charge < -0.3 is 5.11 Å². The largest absolute Gasteiger partial charge is 0.480 e. The molecule has 0 saturated heterocycles. The van der Waals surface area contributed by atoms with Crippen LogP contribution in [-0.2, 0) is 4.79 Å². The van der Waals surface area contributed by atoms with Gasteiger partial charge in [-0.3, -0.25) is 15.2 Å². The van der Waals surface area contributed by atoms with Crippen LogP contribution in [0, 0.1) is 0 Å². The number of rotatable bonds is 5. The molecule has 1 atom stereocenters. The van der Waals surface area contributed by atoms with Gasteiger partial charge in [0.1, 0.15) is 0 Å². The second-order valence-corrected chi connectivity index (χ2v) is 2.32. The first-order valence-electron chi connectivity index (χ1n) is 3.49. The number of aliphatic carboxylic acids is 1. The smallest absolute Gasteiger partial charge is 0.325 e. The van der Waals surface area contributed by atoms with Crippen molar-refractivity contribution in [2.45, 2.75) is 32.2 Å². The number of hydroxylamine groups is 2. The summed E-state index contributed by atoms with van der Waals surface area (Å²) in [6, 6.07) is -1.20. The Kier molecular flexibility index (Phi) is 4.76. The lowest BCUT2D eigenvalue weighted by Crippen LogP contribution is -2.36. The fourth-order valence-corrected chi connectivity index (χ4v) is 0.735. The zero-order valence-corrected chi connectivity index (χ0v) is 6.40. The Morgan fingerprint density at radius 2 is 2.09 bits per heavy atom. The molecule has 0 aliphatic carbocycles. The molecule has 5 heteroatoms. The standard InChI is InChI=1S/C6H13NO4/c1-2-3-4-5(6(8)9)7(10)11/h5,10-11H,2-4H2,1H3,(H,8,9)/t5-/m0/s1. The molecule has 66 valence electrons. The van der Waals surface area contributed by atoms with E-state index >= 15 is 0 Å². The van der Waals surface area contributed by atoms with E-state index in [2.05, 4.69) is 0 Å². The average molecular weight is 163 g/mol. The summed E-state index contributed by atoms with van der Waals surface area (Å²) in [5.74, 6) is -1.22. The topological polar surface area (TPSA) is 81.0 Å². The van der Waals surface area contributed by atoms with Crippen LogP contribution in [0.4, 0.5) is 0 Å². The van der Waals surface area contributed by atoms with Gasteiger partial charge in [-0.25, -0.2) is 0 Å². The van der Waals surface area contributed by atoms with Crippen molar-refractivity contribution in [3.05, 3.63) is 0 Å². The molecule has 0 aromatic rings. The molecule has 0 aromatic heterocycles. The average Bonchev–Trinajstić information content (AvgIpc) is 1.87. The van der Waals surface area contributed by atoms with E-state index < -0.39 is 12.0 Å². The van der Waals surface area contributed by atoms with Crippen LogP contribution < -0.4 is 0 Å². The Balaban J connectivity index is 3.80. The first-order chi connectivity index (χ1) is 5.09. The number of carboxylic acid groups (broad SMARTS) is 1. The van der Waals surface area contributed by atoms with Gasteiger partial charge >= 0.3 is 5.97 Å². The Morgan fingerprint density at radius 3 is 2.36 bits per heavy atom. The fraction of sp³-hybridized carbons (Fsp3) is 0.833. The minimum absolute atomic E-state index is 0.249. The number of unbranched alkanes of at least 4 members (excludes halogenated alkanes) is 1. The summed E-state index contributed by atoms with van der Waals surface area (Å²) in [5, 5.41) is 25.0. The van der Waals surface area contributed by atoms with Gasteiger partial charge in [-0.15, -0.1) is 0 Å². The lowest BCUT2D eigenvalue weighted by Gasteiger charge is -2.14. The van der Waals surface area contributed by atoms with E-state index in [9.17, 15) is 4.79 Å². The number of carbonyl (C=O) groups is 1. The van der Waals surface area contributed by atoms with E-state index in [0.717, 1.165) is 6.42 Å². The lowest BCUT2D eigenvalue weighted by atomic mass is 10.1. The monoisotopic (exact) mass is 163 g/mol. The van der Waals surface area contributed by atoms with Crippen molar-refractivity contribution in [3.63, 3.8) is 0 Å². The summed E-state index contributed by atoms with van der Waals surface area (Å²) in [4.78, 5) is 10.3. The maximum Gasteiger partial charge on any atom is 0.325 e. The van der Waals surface area contributed by atoms with Crippen molar-refractivity contribution >= 4 is 5.97 Å². The van der Waals surface area contributed by atoms with Crippen LogP contribution in [0.15, 0.2) is 0 Å². The highest BCUT2D eigenvalue weighted by molar-refractivity contribution is 5.72.